The van der Waals surface area contributed by atoms with Gasteiger partial charge < -0.3 is 15.1 Å². The molecule has 3 amide bonds. The number of alkyl halides is 3. The van der Waals surface area contributed by atoms with Crippen LogP contribution in [-0.4, -0.2) is 55.3 Å². The van der Waals surface area contributed by atoms with Crippen molar-refractivity contribution in [2.24, 2.45) is 11.8 Å². The van der Waals surface area contributed by atoms with Crippen molar-refractivity contribution in [1.82, 2.24) is 10.2 Å². The third kappa shape index (κ3) is 6.46. The highest BCUT2D eigenvalue weighted by Gasteiger charge is 2.36. The molecule has 1 aromatic rings. The molecule has 3 aliphatic rings. The molecule has 3 aliphatic heterocycles. The zero-order valence-electron chi connectivity index (χ0n) is 19.8. The smallest absolute Gasteiger partial charge is 0.374 e. The fourth-order valence-corrected chi connectivity index (χ4v) is 5.44. The number of rotatable bonds is 7. The van der Waals surface area contributed by atoms with Crippen LogP contribution < -0.4 is 15.5 Å². The summed E-state index contributed by atoms with van der Waals surface area (Å²) in [7, 11) is 0. The first-order valence-electron chi connectivity index (χ1n) is 12.5. The number of carbonyl (C=O) groups is 3. The zero-order valence-corrected chi connectivity index (χ0v) is 19.8. The number of nitrogens with one attached hydrogen (secondary N) is 2. The van der Waals surface area contributed by atoms with Gasteiger partial charge in [0.2, 0.25) is 18.2 Å². The molecular formula is C25H33F3N4O3. The van der Waals surface area contributed by atoms with Gasteiger partial charge in [0.1, 0.15) is 6.04 Å². The van der Waals surface area contributed by atoms with Crippen LogP contribution in [0.1, 0.15) is 56.9 Å². The largest absolute Gasteiger partial charge is 0.418 e. The molecule has 0 spiro atoms. The lowest BCUT2D eigenvalue weighted by atomic mass is 9.85. The molecule has 3 heterocycles. The van der Waals surface area contributed by atoms with Crippen LogP contribution in [0.15, 0.2) is 18.2 Å². The Bertz CT molecular complexity index is 923. The molecule has 0 aromatic heterocycles. The number of carbonyl (C=O) groups excluding carboxylic acids is 3. The minimum Gasteiger partial charge on any atom is -0.374 e. The van der Waals surface area contributed by atoms with Crippen LogP contribution in [0.25, 0.3) is 0 Å². The van der Waals surface area contributed by atoms with Gasteiger partial charge in [-0.3, -0.25) is 19.7 Å². The maximum Gasteiger partial charge on any atom is 0.418 e. The number of piperidine rings is 3. The number of halogens is 3. The number of nitrogens with zero attached hydrogens (tertiary/aromatic N) is 2. The van der Waals surface area contributed by atoms with Crippen LogP contribution in [0.5, 0.6) is 0 Å². The van der Waals surface area contributed by atoms with Crippen LogP contribution in [-0.2, 0) is 20.6 Å². The van der Waals surface area contributed by atoms with Crippen LogP contribution in [0.4, 0.5) is 24.5 Å². The average molecular weight is 495 g/mol. The highest BCUT2D eigenvalue weighted by molar-refractivity contribution is 6.01. The lowest BCUT2D eigenvalue weighted by molar-refractivity contribution is -0.137. The molecule has 4 rings (SSSR count). The van der Waals surface area contributed by atoms with E-state index in [0.29, 0.717) is 24.9 Å². The van der Waals surface area contributed by atoms with Gasteiger partial charge in [0.15, 0.2) is 0 Å². The van der Waals surface area contributed by atoms with E-state index in [4.69, 9.17) is 0 Å². The third-order valence-corrected chi connectivity index (χ3v) is 7.62. The Balaban J connectivity index is 1.34. The van der Waals surface area contributed by atoms with Gasteiger partial charge in [0.05, 0.1) is 5.56 Å². The molecule has 192 valence electrons. The first-order chi connectivity index (χ1) is 16.7. The number of likely N-dealkylation sites (tertiary alicyclic amines) is 1. The second-order valence-corrected chi connectivity index (χ2v) is 9.97. The van der Waals surface area contributed by atoms with Gasteiger partial charge in [0.25, 0.3) is 0 Å². The number of hydrogen-bond acceptors (Lipinski definition) is 5. The van der Waals surface area contributed by atoms with Gasteiger partial charge >= 0.3 is 6.18 Å². The van der Waals surface area contributed by atoms with E-state index in [1.165, 1.54) is 6.07 Å². The SMILES string of the molecule is O=CN1CCC(CCC2CCN(c3ccc(NC4CCC(=O)NC4=O)cc3C(F)(F)F)CC2)CC1. The van der Waals surface area contributed by atoms with Crippen LogP contribution >= 0.6 is 0 Å². The van der Waals surface area contributed by atoms with E-state index in [-0.39, 0.29) is 30.1 Å². The van der Waals surface area contributed by atoms with E-state index in [0.717, 1.165) is 64.1 Å². The molecule has 35 heavy (non-hydrogen) atoms. The van der Waals surface area contributed by atoms with Gasteiger partial charge in [-0.1, -0.05) is 12.8 Å². The number of hydrogen-bond donors (Lipinski definition) is 2. The standard InChI is InChI=1S/C25H33F3N4O3/c26-25(27,28)20-15-19(29-21-4-6-23(34)30-24(21)35)3-5-22(20)32-13-9-18(10-14-32)2-1-17-7-11-31(16-33)12-8-17/h3,5,15-18,21,29H,1-2,4,6-14H2,(H,30,34,35). The summed E-state index contributed by atoms with van der Waals surface area (Å²) in [5.41, 5.74) is -0.327. The van der Waals surface area contributed by atoms with Gasteiger partial charge in [-0.25, -0.2) is 0 Å². The van der Waals surface area contributed by atoms with Crippen LogP contribution in [0.3, 0.4) is 0 Å². The van der Waals surface area contributed by atoms with Crippen molar-refractivity contribution in [3.8, 4) is 0 Å². The molecular weight excluding hydrogens is 461 g/mol. The van der Waals surface area contributed by atoms with Gasteiger partial charge in [-0.05, 0) is 62.1 Å². The summed E-state index contributed by atoms with van der Waals surface area (Å²) in [6, 6.07) is 3.39. The van der Waals surface area contributed by atoms with Crippen molar-refractivity contribution < 1.29 is 27.6 Å². The topological polar surface area (TPSA) is 81.8 Å². The quantitative estimate of drug-likeness (QED) is 0.445. The minimum absolute atomic E-state index is 0.153. The van der Waals surface area contributed by atoms with Crippen molar-refractivity contribution in [1.29, 1.82) is 0 Å². The molecule has 2 N–H and O–H groups in total. The summed E-state index contributed by atoms with van der Waals surface area (Å²) in [6.45, 7) is 2.80. The Hall–Kier alpha value is -2.78. The normalized spacial score (nSPS) is 22.8. The van der Waals surface area contributed by atoms with Crippen molar-refractivity contribution in [3.63, 3.8) is 0 Å². The van der Waals surface area contributed by atoms with Gasteiger partial charge in [0, 0.05) is 44.0 Å². The summed E-state index contributed by atoms with van der Waals surface area (Å²) < 4.78 is 41.8. The van der Waals surface area contributed by atoms with E-state index in [1.807, 2.05) is 9.80 Å². The van der Waals surface area contributed by atoms with Crippen LogP contribution in [0, 0.1) is 11.8 Å². The van der Waals surface area contributed by atoms with Gasteiger partial charge in [-0.15, -0.1) is 0 Å². The highest BCUT2D eigenvalue weighted by Crippen LogP contribution is 2.40. The van der Waals surface area contributed by atoms with Gasteiger partial charge in [-0.2, -0.15) is 13.2 Å². The second kappa shape index (κ2) is 10.9. The molecule has 0 bridgehead atoms. The fraction of sp³-hybridized carbons (Fsp3) is 0.640. The molecule has 1 atom stereocenters. The molecule has 10 heteroatoms. The number of amides is 3. The van der Waals surface area contributed by atoms with Crippen molar-refractivity contribution in [3.05, 3.63) is 23.8 Å². The van der Waals surface area contributed by atoms with Crippen molar-refractivity contribution in [2.75, 3.05) is 36.4 Å². The Kier molecular flexibility index (Phi) is 7.86. The lowest BCUT2D eigenvalue weighted by Gasteiger charge is -2.36. The summed E-state index contributed by atoms with van der Waals surface area (Å²) in [4.78, 5) is 37.8. The molecule has 7 nitrogen and oxygen atoms in total. The highest BCUT2D eigenvalue weighted by atomic mass is 19.4. The number of anilines is 2. The van der Waals surface area contributed by atoms with Crippen LogP contribution in [0.2, 0.25) is 0 Å². The molecule has 3 saturated heterocycles. The molecule has 0 saturated carbocycles. The van der Waals surface area contributed by atoms with Crippen molar-refractivity contribution >= 4 is 29.6 Å². The van der Waals surface area contributed by atoms with E-state index in [1.54, 1.807) is 6.07 Å². The predicted octanol–water partition coefficient (Wildman–Crippen LogP) is 3.79. The van der Waals surface area contributed by atoms with E-state index in [9.17, 15) is 27.6 Å². The predicted molar refractivity (Wildman–Crippen MR) is 126 cm³/mol. The summed E-state index contributed by atoms with van der Waals surface area (Å²) >= 11 is 0. The Labute approximate surface area is 203 Å². The minimum atomic E-state index is -4.52. The average Bonchev–Trinajstić information content (AvgIpc) is 2.84. The Morgan fingerprint density at radius 1 is 0.971 bits per heavy atom. The first-order valence-corrected chi connectivity index (χ1v) is 12.5. The maximum atomic E-state index is 13.9. The summed E-state index contributed by atoms with van der Waals surface area (Å²) in [6.07, 6.45) is 2.78. The van der Waals surface area contributed by atoms with E-state index >= 15 is 0 Å². The zero-order chi connectivity index (χ0) is 25.0. The molecule has 1 unspecified atom stereocenters. The monoisotopic (exact) mass is 494 g/mol. The molecule has 0 aliphatic carbocycles. The first kappa shape index (κ1) is 25.3. The summed E-state index contributed by atoms with van der Waals surface area (Å²) in [5.74, 6) is 0.255. The Morgan fingerprint density at radius 3 is 2.17 bits per heavy atom. The maximum absolute atomic E-state index is 13.9. The third-order valence-electron chi connectivity index (χ3n) is 7.62. The number of imide groups is 1. The fourth-order valence-electron chi connectivity index (χ4n) is 5.44. The second-order valence-electron chi connectivity index (χ2n) is 9.97. The number of benzene rings is 1. The molecule has 1 aromatic carbocycles. The van der Waals surface area contributed by atoms with E-state index in [2.05, 4.69) is 10.6 Å². The Morgan fingerprint density at radius 2 is 1.60 bits per heavy atom. The molecule has 0 radical (unpaired) electrons. The molecule has 3 fully saturated rings. The summed E-state index contributed by atoms with van der Waals surface area (Å²) in [5, 5.41) is 5.06. The van der Waals surface area contributed by atoms with E-state index < -0.39 is 23.7 Å². The van der Waals surface area contributed by atoms with Crippen molar-refractivity contribution in [2.45, 2.75) is 63.6 Å². The lowest BCUT2D eigenvalue weighted by Crippen LogP contribution is -2.47.